The first-order chi connectivity index (χ1) is 11.0. The van der Waals surface area contributed by atoms with Crippen molar-refractivity contribution in [2.45, 2.75) is 32.6 Å². The van der Waals surface area contributed by atoms with Gasteiger partial charge in [-0.1, -0.05) is 0 Å². The van der Waals surface area contributed by atoms with Crippen LogP contribution in [0.2, 0.25) is 0 Å². The number of fused-ring (bicyclic) bond motifs is 1. The van der Waals surface area contributed by atoms with E-state index in [1.165, 1.54) is 5.56 Å². The molecule has 1 fully saturated rings. The van der Waals surface area contributed by atoms with Crippen LogP contribution >= 0.6 is 0 Å². The Hall–Kier alpha value is -2.51. The summed E-state index contributed by atoms with van der Waals surface area (Å²) >= 11 is 0. The van der Waals surface area contributed by atoms with Gasteiger partial charge in [0, 0.05) is 24.4 Å². The maximum Gasteiger partial charge on any atom is 0.325 e. The largest absolute Gasteiger partial charge is 0.354 e. The van der Waals surface area contributed by atoms with Gasteiger partial charge in [-0.15, -0.1) is 0 Å². The molecule has 0 radical (unpaired) electrons. The van der Waals surface area contributed by atoms with Crippen LogP contribution in [0, 0.1) is 6.92 Å². The zero-order valence-electron chi connectivity index (χ0n) is 13.0. The van der Waals surface area contributed by atoms with E-state index in [2.05, 4.69) is 20.6 Å². The average molecular weight is 317 g/mol. The monoisotopic (exact) mass is 317 g/mol. The summed E-state index contributed by atoms with van der Waals surface area (Å²) in [6.45, 7) is 2.06. The molecule has 0 aromatic carbocycles. The van der Waals surface area contributed by atoms with Crippen LogP contribution in [0.25, 0.3) is 0 Å². The first-order valence-corrected chi connectivity index (χ1v) is 7.75. The average Bonchev–Trinajstić information content (AvgIpc) is 3.09. The predicted octanol–water partition coefficient (Wildman–Crippen LogP) is -0.516. The highest BCUT2D eigenvalue weighted by molar-refractivity contribution is 6.04. The van der Waals surface area contributed by atoms with Gasteiger partial charge in [0.25, 0.3) is 5.91 Å². The van der Waals surface area contributed by atoms with Gasteiger partial charge >= 0.3 is 6.03 Å². The fourth-order valence-corrected chi connectivity index (χ4v) is 2.92. The summed E-state index contributed by atoms with van der Waals surface area (Å²) in [6, 6.07) is -0.525. The number of nitrogens with zero attached hydrogens (tertiary/aromatic N) is 3. The first kappa shape index (κ1) is 15.4. The molecule has 0 atom stereocenters. The minimum atomic E-state index is -0.525. The van der Waals surface area contributed by atoms with Crippen molar-refractivity contribution in [3.8, 4) is 0 Å². The normalized spacial score (nSPS) is 16.5. The van der Waals surface area contributed by atoms with Crippen LogP contribution in [0.5, 0.6) is 0 Å². The third-order valence-electron chi connectivity index (χ3n) is 4.10. The quantitative estimate of drug-likeness (QED) is 0.711. The van der Waals surface area contributed by atoms with E-state index in [1.807, 2.05) is 6.92 Å². The molecule has 0 saturated carbocycles. The maximum absolute atomic E-state index is 11.8. The highest BCUT2D eigenvalue weighted by Crippen LogP contribution is 2.22. The molecular weight excluding hydrogens is 298 g/mol. The molecule has 0 spiro atoms. The van der Waals surface area contributed by atoms with Crippen LogP contribution in [-0.4, -0.2) is 52.3 Å². The van der Waals surface area contributed by atoms with Gasteiger partial charge in [0.15, 0.2) is 0 Å². The Bertz CT molecular complexity index is 657. The van der Waals surface area contributed by atoms with Crippen molar-refractivity contribution >= 4 is 17.8 Å². The van der Waals surface area contributed by atoms with Crippen molar-refractivity contribution in [1.82, 2.24) is 25.5 Å². The molecule has 1 aromatic heterocycles. The zero-order chi connectivity index (χ0) is 16.4. The van der Waals surface area contributed by atoms with E-state index >= 15 is 0 Å². The van der Waals surface area contributed by atoms with E-state index in [1.54, 1.807) is 0 Å². The molecule has 8 heteroatoms. The molecule has 8 nitrogen and oxygen atoms in total. The Morgan fingerprint density at radius 2 is 2.13 bits per heavy atom. The molecule has 0 bridgehead atoms. The molecule has 2 N–H and O–H groups in total. The van der Waals surface area contributed by atoms with Crippen LogP contribution in [-0.2, 0) is 28.9 Å². The number of hydrogen-bond donors (Lipinski definition) is 2. The van der Waals surface area contributed by atoms with Gasteiger partial charge in [0.05, 0.1) is 6.54 Å². The summed E-state index contributed by atoms with van der Waals surface area (Å²) < 4.78 is 0. The molecule has 2 heterocycles. The standard InChI is InChI=1S/C15H19N5O3/c1-9-10-3-2-4-11(10)19-12(18-9)5-6-16-13(21)8-20-14(22)7-17-15(20)23/h2-8H2,1H3,(H,16,21)(H,17,23). The number of nitrogens with one attached hydrogen (secondary N) is 2. The van der Waals surface area contributed by atoms with Gasteiger partial charge in [-0.05, 0) is 31.7 Å². The van der Waals surface area contributed by atoms with Crippen LogP contribution in [0.15, 0.2) is 0 Å². The number of imide groups is 1. The first-order valence-electron chi connectivity index (χ1n) is 7.75. The Labute approximate surface area is 133 Å². The lowest BCUT2D eigenvalue weighted by molar-refractivity contribution is -0.130. The van der Waals surface area contributed by atoms with E-state index in [0.717, 1.165) is 41.4 Å². The van der Waals surface area contributed by atoms with Crippen molar-refractivity contribution in [2.75, 3.05) is 19.6 Å². The lowest BCUT2D eigenvalue weighted by Crippen LogP contribution is -2.41. The number of rotatable bonds is 5. The summed E-state index contributed by atoms with van der Waals surface area (Å²) in [6.07, 6.45) is 3.69. The predicted molar refractivity (Wildman–Crippen MR) is 80.6 cm³/mol. The molecule has 0 unspecified atom stereocenters. The summed E-state index contributed by atoms with van der Waals surface area (Å²) in [7, 11) is 0. The van der Waals surface area contributed by atoms with Gasteiger partial charge in [-0.3, -0.25) is 14.5 Å². The molecule has 122 valence electrons. The molecular formula is C15H19N5O3. The number of aryl methyl sites for hydroxylation is 2. The van der Waals surface area contributed by atoms with Gasteiger partial charge < -0.3 is 10.6 Å². The summed E-state index contributed by atoms with van der Waals surface area (Å²) in [4.78, 5) is 44.5. The van der Waals surface area contributed by atoms with Crippen LogP contribution in [0.1, 0.15) is 29.2 Å². The minimum Gasteiger partial charge on any atom is -0.354 e. The van der Waals surface area contributed by atoms with Crippen molar-refractivity contribution in [1.29, 1.82) is 0 Å². The Morgan fingerprint density at radius 1 is 1.30 bits per heavy atom. The molecule has 1 aliphatic carbocycles. The van der Waals surface area contributed by atoms with E-state index in [4.69, 9.17) is 0 Å². The third-order valence-corrected chi connectivity index (χ3v) is 4.10. The van der Waals surface area contributed by atoms with E-state index in [-0.39, 0.29) is 24.9 Å². The summed E-state index contributed by atoms with van der Waals surface area (Å²) in [5.74, 6) is -0.0329. The molecule has 3 rings (SSSR count). The molecule has 1 aliphatic heterocycles. The van der Waals surface area contributed by atoms with Crippen LogP contribution < -0.4 is 10.6 Å². The van der Waals surface area contributed by atoms with E-state index in [0.29, 0.717) is 13.0 Å². The minimum absolute atomic E-state index is 0.0473. The van der Waals surface area contributed by atoms with Crippen molar-refractivity contribution in [2.24, 2.45) is 0 Å². The van der Waals surface area contributed by atoms with E-state index < -0.39 is 6.03 Å². The number of urea groups is 1. The summed E-state index contributed by atoms with van der Waals surface area (Å²) in [5.41, 5.74) is 3.41. The second kappa shape index (κ2) is 6.31. The smallest absolute Gasteiger partial charge is 0.325 e. The highest BCUT2D eigenvalue weighted by atomic mass is 16.2. The third kappa shape index (κ3) is 3.30. The zero-order valence-corrected chi connectivity index (χ0v) is 13.0. The lowest BCUT2D eigenvalue weighted by Gasteiger charge is -2.12. The number of carbonyl (C=O) groups excluding carboxylic acids is 3. The Balaban J connectivity index is 1.50. The molecule has 23 heavy (non-hydrogen) atoms. The van der Waals surface area contributed by atoms with Gasteiger partial charge in [0.1, 0.15) is 12.4 Å². The van der Waals surface area contributed by atoms with E-state index in [9.17, 15) is 14.4 Å². The number of carbonyl (C=O) groups is 3. The van der Waals surface area contributed by atoms with Crippen LogP contribution in [0.4, 0.5) is 4.79 Å². The molecule has 2 aliphatic rings. The maximum atomic E-state index is 11.8. The van der Waals surface area contributed by atoms with Crippen molar-refractivity contribution in [3.05, 3.63) is 22.8 Å². The van der Waals surface area contributed by atoms with Crippen LogP contribution in [0.3, 0.4) is 0 Å². The molecule has 1 saturated heterocycles. The molecule has 4 amide bonds. The van der Waals surface area contributed by atoms with Gasteiger partial charge in [-0.2, -0.15) is 0 Å². The van der Waals surface area contributed by atoms with Gasteiger partial charge in [-0.25, -0.2) is 14.8 Å². The Morgan fingerprint density at radius 3 is 2.87 bits per heavy atom. The second-order valence-electron chi connectivity index (χ2n) is 5.74. The van der Waals surface area contributed by atoms with Crippen molar-refractivity contribution < 1.29 is 14.4 Å². The SMILES string of the molecule is Cc1nc(CCNC(=O)CN2C(=O)CNC2=O)nc2c1CCC2. The fraction of sp³-hybridized carbons (Fsp3) is 0.533. The summed E-state index contributed by atoms with van der Waals surface area (Å²) in [5, 5.41) is 5.07. The number of aromatic nitrogens is 2. The van der Waals surface area contributed by atoms with Crippen molar-refractivity contribution in [3.63, 3.8) is 0 Å². The topological polar surface area (TPSA) is 104 Å². The number of hydrogen-bond acceptors (Lipinski definition) is 5. The molecule has 1 aromatic rings. The highest BCUT2D eigenvalue weighted by Gasteiger charge is 2.29. The fourth-order valence-electron chi connectivity index (χ4n) is 2.92. The van der Waals surface area contributed by atoms with Gasteiger partial charge in [0.2, 0.25) is 5.91 Å². The second-order valence-corrected chi connectivity index (χ2v) is 5.74. The Kier molecular flexibility index (Phi) is 4.22. The lowest BCUT2D eigenvalue weighted by atomic mass is 10.2. The number of amides is 4.